The maximum atomic E-state index is 6.14. The van der Waals surface area contributed by atoms with Gasteiger partial charge >= 0.3 is 0 Å². The molecule has 0 spiro atoms. The zero-order valence-electron chi connectivity index (χ0n) is 16.9. The summed E-state index contributed by atoms with van der Waals surface area (Å²) in [5.41, 5.74) is 3.37. The molecule has 8 heteroatoms. The second-order valence-electron chi connectivity index (χ2n) is 6.80. The molecule has 0 amide bonds. The van der Waals surface area contributed by atoms with Crippen LogP contribution in [0, 0.1) is 6.92 Å². The molecule has 154 valence electrons. The smallest absolute Gasteiger partial charge is 0.191 e. The molecule has 0 aliphatic carbocycles. The molecule has 0 radical (unpaired) electrons. The third-order valence-corrected chi connectivity index (χ3v) is 5.53. The number of guanidine groups is 1. The quantitative estimate of drug-likeness (QED) is 0.435. The number of nitrogens with zero attached hydrogens (tertiary/aromatic N) is 4. The highest BCUT2D eigenvalue weighted by molar-refractivity contribution is 6.41. The number of aryl methyl sites for hydroxylation is 1. The standard InChI is InChI=1S/C21H26Cl2N6/c1-4-24-21(27-13-18-11-19(22)20(23)28(18)3)26-12-16-6-5-7-17(10-16)14-29-9-8-25-15(29)2/h5-11H,4,12-14H2,1-3H3,(H2,24,26,27). The van der Waals surface area contributed by atoms with E-state index in [0.29, 0.717) is 23.3 Å². The van der Waals surface area contributed by atoms with Gasteiger partial charge in [0, 0.05) is 38.2 Å². The third-order valence-electron chi connectivity index (χ3n) is 4.68. The van der Waals surface area contributed by atoms with Gasteiger partial charge in [0.25, 0.3) is 0 Å². The van der Waals surface area contributed by atoms with Crippen molar-refractivity contribution in [1.29, 1.82) is 0 Å². The fourth-order valence-corrected chi connectivity index (χ4v) is 3.45. The Morgan fingerprint density at radius 1 is 1.17 bits per heavy atom. The summed E-state index contributed by atoms with van der Waals surface area (Å²) in [4.78, 5) is 8.99. The van der Waals surface area contributed by atoms with Crippen LogP contribution in [0.1, 0.15) is 29.6 Å². The number of hydrogen-bond acceptors (Lipinski definition) is 2. The number of hydrogen-bond donors (Lipinski definition) is 2. The fourth-order valence-electron chi connectivity index (χ4n) is 3.04. The van der Waals surface area contributed by atoms with Crippen LogP contribution in [0.3, 0.4) is 0 Å². The van der Waals surface area contributed by atoms with E-state index in [1.165, 1.54) is 5.56 Å². The second kappa shape index (κ2) is 9.85. The first-order valence-corrected chi connectivity index (χ1v) is 10.3. The molecule has 3 aromatic rings. The Bertz CT molecular complexity index is 989. The lowest BCUT2D eigenvalue weighted by atomic mass is 10.1. The van der Waals surface area contributed by atoms with Crippen LogP contribution in [0.25, 0.3) is 0 Å². The topological polar surface area (TPSA) is 59.2 Å². The van der Waals surface area contributed by atoms with Gasteiger partial charge in [0.15, 0.2) is 5.96 Å². The van der Waals surface area contributed by atoms with Crippen LogP contribution in [0.4, 0.5) is 0 Å². The summed E-state index contributed by atoms with van der Waals surface area (Å²) in [6.07, 6.45) is 3.82. The Morgan fingerprint density at radius 2 is 1.97 bits per heavy atom. The van der Waals surface area contributed by atoms with Crippen LogP contribution in [-0.2, 0) is 26.7 Å². The fraction of sp³-hybridized carbons (Fsp3) is 0.333. The van der Waals surface area contributed by atoms with Gasteiger partial charge in [-0.05, 0) is 31.0 Å². The summed E-state index contributed by atoms with van der Waals surface area (Å²) in [6.45, 7) is 6.80. The van der Waals surface area contributed by atoms with Crippen LogP contribution in [0.5, 0.6) is 0 Å². The Morgan fingerprint density at radius 3 is 2.62 bits per heavy atom. The number of halogens is 2. The highest BCUT2D eigenvalue weighted by Crippen LogP contribution is 2.24. The SMILES string of the molecule is CCNC(=NCc1cccc(Cn2ccnc2C)c1)NCc1cc(Cl)c(Cl)n1C. The molecule has 2 heterocycles. The first-order chi connectivity index (χ1) is 14.0. The van der Waals surface area contributed by atoms with Gasteiger partial charge in [0.05, 0.1) is 18.1 Å². The van der Waals surface area contributed by atoms with E-state index in [1.54, 1.807) is 0 Å². The molecule has 0 bridgehead atoms. The van der Waals surface area contributed by atoms with Crippen molar-refractivity contribution in [2.75, 3.05) is 6.54 Å². The number of nitrogens with one attached hydrogen (secondary N) is 2. The third kappa shape index (κ3) is 5.55. The monoisotopic (exact) mass is 432 g/mol. The molecule has 2 N–H and O–H groups in total. The van der Waals surface area contributed by atoms with E-state index in [1.807, 2.05) is 43.9 Å². The first-order valence-electron chi connectivity index (χ1n) is 9.55. The van der Waals surface area contributed by atoms with E-state index in [9.17, 15) is 0 Å². The summed E-state index contributed by atoms with van der Waals surface area (Å²) >= 11 is 12.2. The van der Waals surface area contributed by atoms with Crippen molar-refractivity contribution in [1.82, 2.24) is 24.8 Å². The van der Waals surface area contributed by atoms with Crippen LogP contribution < -0.4 is 10.6 Å². The molecule has 29 heavy (non-hydrogen) atoms. The highest BCUT2D eigenvalue weighted by atomic mass is 35.5. The van der Waals surface area contributed by atoms with Crippen molar-refractivity contribution in [3.63, 3.8) is 0 Å². The summed E-state index contributed by atoms with van der Waals surface area (Å²) in [5.74, 6) is 1.75. The van der Waals surface area contributed by atoms with Crippen molar-refractivity contribution in [3.8, 4) is 0 Å². The Balaban J connectivity index is 1.65. The maximum Gasteiger partial charge on any atom is 0.191 e. The van der Waals surface area contributed by atoms with Crippen LogP contribution in [0.15, 0.2) is 47.7 Å². The number of imidazole rings is 1. The van der Waals surface area contributed by atoms with Crippen LogP contribution >= 0.6 is 23.2 Å². The van der Waals surface area contributed by atoms with Gasteiger partial charge in [-0.1, -0.05) is 47.5 Å². The molecule has 0 aliphatic rings. The lowest BCUT2D eigenvalue weighted by Gasteiger charge is -2.12. The van der Waals surface area contributed by atoms with E-state index < -0.39 is 0 Å². The highest BCUT2D eigenvalue weighted by Gasteiger charge is 2.09. The van der Waals surface area contributed by atoms with E-state index in [0.717, 1.165) is 36.1 Å². The Hall–Kier alpha value is -2.44. The van der Waals surface area contributed by atoms with Gasteiger partial charge in [0.1, 0.15) is 11.0 Å². The number of aliphatic imine (C=N–C) groups is 1. The van der Waals surface area contributed by atoms with Crippen LogP contribution in [-0.4, -0.2) is 26.6 Å². The summed E-state index contributed by atoms with van der Waals surface area (Å²) in [5, 5.41) is 7.70. The summed E-state index contributed by atoms with van der Waals surface area (Å²) in [6, 6.07) is 10.3. The Labute approximate surface area is 181 Å². The minimum absolute atomic E-state index is 0.537. The molecule has 0 atom stereocenters. The Kier molecular flexibility index (Phi) is 7.23. The van der Waals surface area contributed by atoms with Gasteiger partial charge < -0.3 is 19.8 Å². The molecule has 0 fully saturated rings. The molecular formula is C21H26Cl2N6. The predicted octanol–water partition coefficient (Wildman–Crippen LogP) is 4.14. The molecule has 0 unspecified atom stereocenters. The van der Waals surface area contributed by atoms with E-state index in [-0.39, 0.29) is 0 Å². The average molecular weight is 433 g/mol. The second-order valence-corrected chi connectivity index (χ2v) is 7.57. The zero-order chi connectivity index (χ0) is 20.8. The zero-order valence-corrected chi connectivity index (χ0v) is 18.4. The van der Waals surface area contributed by atoms with Gasteiger partial charge in [-0.2, -0.15) is 0 Å². The minimum atomic E-state index is 0.537. The van der Waals surface area contributed by atoms with Crippen molar-refractivity contribution in [2.45, 2.75) is 33.5 Å². The molecule has 3 rings (SSSR count). The maximum absolute atomic E-state index is 6.14. The van der Waals surface area contributed by atoms with E-state index in [2.05, 4.69) is 44.5 Å². The van der Waals surface area contributed by atoms with Crippen molar-refractivity contribution < 1.29 is 0 Å². The molecule has 2 aromatic heterocycles. The molecule has 0 saturated heterocycles. The number of benzene rings is 1. The molecule has 6 nitrogen and oxygen atoms in total. The van der Waals surface area contributed by atoms with Crippen molar-refractivity contribution in [2.24, 2.45) is 12.0 Å². The normalized spacial score (nSPS) is 11.7. The lowest BCUT2D eigenvalue weighted by Crippen LogP contribution is -2.37. The molecule has 1 aromatic carbocycles. The lowest BCUT2D eigenvalue weighted by molar-refractivity contribution is 0.750. The van der Waals surface area contributed by atoms with Crippen molar-refractivity contribution in [3.05, 3.63) is 75.5 Å². The number of rotatable bonds is 7. The molecule has 0 saturated carbocycles. The first kappa shape index (κ1) is 21.3. The van der Waals surface area contributed by atoms with Gasteiger partial charge in [-0.3, -0.25) is 0 Å². The summed E-state index contributed by atoms with van der Waals surface area (Å²) in [7, 11) is 1.89. The van der Waals surface area contributed by atoms with Gasteiger partial charge in [0.2, 0.25) is 0 Å². The number of aromatic nitrogens is 3. The van der Waals surface area contributed by atoms with Crippen LogP contribution in [0.2, 0.25) is 10.2 Å². The largest absolute Gasteiger partial charge is 0.357 e. The van der Waals surface area contributed by atoms with Gasteiger partial charge in [-0.25, -0.2) is 9.98 Å². The molecule has 0 aliphatic heterocycles. The average Bonchev–Trinajstić information content (AvgIpc) is 3.22. The van der Waals surface area contributed by atoms with E-state index >= 15 is 0 Å². The predicted molar refractivity (Wildman–Crippen MR) is 120 cm³/mol. The van der Waals surface area contributed by atoms with Gasteiger partial charge in [-0.15, -0.1) is 0 Å². The molecular weight excluding hydrogens is 407 g/mol. The van der Waals surface area contributed by atoms with E-state index in [4.69, 9.17) is 28.2 Å². The van der Waals surface area contributed by atoms with Crippen molar-refractivity contribution >= 4 is 29.2 Å². The minimum Gasteiger partial charge on any atom is -0.357 e. The summed E-state index contributed by atoms with van der Waals surface area (Å²) < 4.78 is 3.99.